The Labute approximate surface area is 197 Å². The van der Waals surface area contributed by atoms with Crippen molar-refractivity contribution in [2.75, 3.05) is 18.3 Å². The van der Waals surface area contributed by atoms with Gasteiger partial charge in [-0.25, -0.2) is 9.07 Å². The van der Waals surface area contributed by atoms with Gasteiger partial charge in [-0.2, -0.15) is 15.1 Å². The zero-order chi connectivity index (χ0) is 24.6. The van der Waals surface area contributed by atoms with Gasteiger partial charge in [0.15, 0.2) is 11.9 Å². The maximum Gasteiger partial charge on any atom is 0.350 e. The topological polar surface area (TPSA) is 172 Å². The molecule has 184 valence electrons. The predicted molar refractivity (Wildman–Crippen MR) is 118 cm³/mol. The summed E-state index contributed by atoms with van der Waals surface area (Å²) in [6.07, 6.45) is -4.51. The molecule has 0 radical (unpaired) electrons. The quantitative estimate of drug-likeness (QED) is 0.217. The van der Waals surface area contributed by atoms with Gasteiger partial charge in [0.05, 0.1) is 18.2 Å². The number of nitrogens with zero attached hydrogens (tertiary/aromatic N) is 4. The van der Waals surface area contributed by atoms with E-state index in [1.54, 1.807) is 12.1 Å². The number of rotatable bonds is 8. The van der Waals surface area contributed by atoms with E-state index in [4.69, 9.17) is 30.9 Å². The highest BCUT2D eigenvalue weighted by atomic mass is 35.5. The van der Waals surface area contributed by atoms with E-state index >= 15 is 0 Å². The van der Waals surface area contributed by atoms with Crippen molar-refractivity contribution in [1.82, 2.24) is 19.7 Å². The molecule has 4 rings (SSSR count). The van der Waals surface area contributed by atoms with E-state index in [9.17, 15) is 19.2 Å². The van der Waals surface area contributed by atoms with Gasteiger partial charge < -0.3 is 34.8 Å². The SMILES string of the molecule is C[C@@H](Nc1nc(Cl)nc2c1cnn2[C@@H]1O[C@H](COCP(=O)(O)O)[C@@H](O)[C@H]1O)c1ccc(F)cc1. The number of hydrogen-bond acceptors (Lipinski definition) is 9. The summed E-state index contributed by atoms with van der Waals surface area (Å²) in [6.45, 7) is 1.48. The Bertz CT molecular complexity index is 1210. The van der Waals surface area contributed by atoms with Gasteiger partial charge in [0, 0.05) is 6.04 Å². The summed E-state index contributed by atoms with van der Waals surface area (Å²) >= 11 is 6.12. The molecule has 5 atom stereocenters. The number of aromatic nitrogens is 4. The van der Waals surface area contributed by atoms with Crippen molar-refractivity contribution in [3.8, 4) is 0 Å². The van der Waals surface area contributed by atoms with E-state index in [2.05, 4.69) is 20.4 Å². The van der Waals surface area contributed by atoms with Crippen LogP contribution in [-0.4, -0.2) is 71.0 Å². The van der Waals surface area contributed by atoms with Gasteiger partial charge in [-0.3, -0.25) is 4.57 Å². The first-order chi connectivity index (χ1) is 16.0. The fourth-order valence-corrected chi connectivity index (χ4v) is 4.10. The van der Waals surface area contributed by atoms with E-state index in [0.717, 1.165) is 5.56 Å². The molecule has 0 bridgehead atoms. The largest absolute Gasteiger partial charge is 0.387 e. The van der Waals surface area contributed by atoms with Crippen molar-refractivity contribution >= 4 is 36.0 Å². The second kappa shape index (κ2) is 9.80. The molecule has 2 aromatic heterocycles. The lowest BCUT2D eigenvalue weighted by atomic mass is 10.1. The highest BCUT2D eigenvalue weighted by Crippen LogP contribution is 2.36. The Hall–Kier alpha value is -2.22. The van der Waals surface area contributed by atoms with Gasteiger partial charge in [0.25, 0.3) is 0 Å². The minimum Gasteiger partial charge on any atom is -0.387 e. The first-order valence-corrected chi connectivity index (χ1v) is 12.3. The Morgan fingerprint density at radius 3 is 2.65 bits per heavy atom. The van der Waals surface area contributed by atoms with Crippen LogP contribution in [0.4, 0.5) is 10.2 Å². The van der Waals surface area contributed by atoms with Crippen LogP contribution in [0.15, 0.2) is 30.5 Å². The molecule has 15 heteroatoms. The average Bonchev–Trinajstić information content (AvgIpc) is 3.29. The second-order valence-corrected chi connectivity index (χ2v) is 9.72. The average molecular weight is 518 g/mol. The van der Waals surface area contributed by atoms with Crippen LogP contribution in [0.5, 0.6) is 0 Å². The molecule has 34 heavy (non-hydrogen) atoms. The smallest absolute Gasteiger partial charge is 0.350 e. The van der Waals surface area contributed by atoms with Crippen LogP contribution in [0.1, 0.15) is 24.8 Å². The number of aliphatic hydroxyl groups excluding tert-OH is 2. The van der Waals surface area contributed by atoms with Gasteiger partial charge >= 0.3 is 7.60 Å². The van der Waals surface area contributed by atoms with Crippen LogP contribution >= 0.6 is 19.2 Å². The summed E-state index contributed by atoms with van der Waals surface area (Å²) < 4.78 is 36.0. The number of halogens is 2. The monoisotopic (exact) mass is 517 g/mol. The van der Waals surface area contributed by atoms with E-state index in [-0.39, 0.29) is 29.4 Å². The molecule has 1 aliphatic rings. The van der Waals surface area contributed by atoms with Crippen LogP contribution in [0.2, 0.25) is 5.28 Å². The minimum atomic E-state index is -4.40. The molecular formula is C19H22ClFN5O7P. The number of nitrogens with one attached hydrogen (secondary N) is 1. The van der Waals surface area contributed by atoms with Crippen LogP contribution in [0.25, 0.3) is 11.0 Å². The van der Waals surface area contributed by atoms with Gasteiger partial charge in [-0.15, -0.1) is 0 Å². The molecule has 1 saturated heterocycles. The molecule has 0 amide bonds. The van der Waals surface area contributed by atoms with Crippen molar-refractivity contribution in [2.45, 2.75) is 37.5 Å². The number of fused-ring (bicyclic) bond motifs is 1. The summed E-state index contributed by atoms with van der Waals surface area (Å²) in [5, 5.41) is 28.5. The molecule has 1 aliphatic heterocycles. The first-order valence-electron chi connectivity index (χ1n) is 10.1. The molecule has 1 aromatic carbocycles. The third-order valence-corrected chi connectivity index (χ3v) is 5.96. The summed E-state index contributed by atoms with van der Waals surface area (Å²) in [4.78, 5) is 26.2. The molecule has 0 saturated carbocycles. The van der Waals surface area contributed by atoms with E-state index < -0.39 is 38.5 Å². The minimum absolute atomic E-state index is 0.113. The molecule has 5 N–H and O–H groups in total. The van der Waals surface area contributed by atoms with Crippen molar-refractivity contribution < 1.29 is 38.4 Å². The van der Waals surface area contributed by atoms with Gasteiger partial charge in [-0.05, 0) is 36.2 Å². The standard InChI is InChI=1S/C19H22ClFN5O7P/c1-9(10-2-4-11(21)5-3-10)23-16-12-6-22-26(17(12)25-19(20)24-16)18-15(28)14(27)13(33-18)7-32-8-34(29,30)31/h2-6,9,13-15,18,27-28H,7-8H2,1H3,(H,23,24,25)(H2,29,30,31)/t9-,13-,14-,15-,18-/m1/s1. The fraction of sp³-hybridized carbons (Fsp3) is 0.421. The van der Waals surface area contributed by atoms with Crippen LogP contribution in [-0.2, 0) is 14.0 Å². The van der Waals surface area contributed by atoms with Crippen LogP contribution < -0.4 is 5.32 Å². The number of ether oxygens (including phenoxy) is 2. The predicted octanol–water partition coefficient (Wildman–Crippen LogP) is 1.56. The van der Waals surface area contributed by atoms with Gasteiger partial charge in [0.1, 0.15) is 36.3 Å². The lowest BCUT2D eigenvalue weighted by molar-refractivity contribution is -0.0658. The summed E-state index contributed by atoms with van der Waals surface area (Å²) in [7, 11) is -4.40. The molecule has 12 nitrogen and oxygen atoms in total. The number of benzene rings is 1. The van der Waals surface area contributed by atoms with E-state index in [1.807, 2.05) is 6.92 Å². The van der Waals surface area contributed by atoms with Crippen molar-refractivity contribution in [1.29, 1.82) is 0 Å². The zero-order valence-electron chi connectivity index (χ0n) is 17.7. The molecular weight excluding hydrogens is 496 g/mol. The van der Waals surface area contributed by atoms with Crippen molar-refractivity contribution in [3.63, 3.8) is 0 Å². The Kier molecular flexibility index (Phi) is 7.17. The van der Waals surface area contributed by atoms with Crippen LogP contribution in [0.3, 0.4) is 0 Å². The molecule has 3 aromatic rings. The number of aliphatic hydroxyl groups is 2. The molecule has 0 spiro atoms. The van der Waals surface area contributed by atoms with Gasteiger partial charge in [-0.1, -0.05) is 12.1 Å². The highest BCUT2D eigenvalue weighted by molar-refractivity contribution is 7.51. The maximum atomic E-state index is 13.2. The zero-order valence-corrected chi connectivity index (χ0v) is 19.3. The Balaban J connectivity index is 1.56. The van der Waals surface area contributed by atoms with Gasteiger partial charge in [0.2, 0.25) is 5.28 Å². The summed E-state index contributed by atoms with van der Waals surface area (Å²) in [6, 6.07) is 5.69. The second-order valence-electron chi connectivity index (χ2n) is 7.80. The third kappa shape index (κ3) is 5.37. The highest BCUT2D eigenvalue weighted by Gasteiger charge is 2.45. The third-order valence-electron chi connectivity index (χ3n) is 5.27. The molecule has 3 heterocycles. The Morgan fingerprint density at radius 2 is 1.97 bits per heavy atom. The van der Waals surface area contributed by atoms with E-state index in [1.165, 1.54) is 23.0 Å². The lowest BCUT2D eigenvalue weighted by Crippen LogP contribution is -2.34. The molecule has 1 fully saturated rings. The van der Waals surface area contributed by atoms with E-state index in [0.29, 0.717) is 11.2 Å². The lowest BCUT2D eigenvalue weighted by Gasteiger charge is -2.17. The first kappa shape index (κ1) is 24.9. The molecule has 0 aliphatic carbocycles. The number of anilines is 1. The fourth-order valence-electron chi connectivity index (χ4n) is 3.59. The Morgan fingerprint density at radius 1 is 1.26 bits per heavy atom. The van der Waals surface area contributed by atoms with Crippen LogP contribution in [0, 0.1) is 5.82 Å². The van der Waals surface area contributed by atoms with Crippen molar-refractivity contribution in [3.05, 3.63) is 47.1 Å². The molecule has 0 unspecified atom stereocenters. The van der Waals surface area contributed by atoms with Crippen molar-refractivity contribution in [2.24, 2.45) is 0 Å². The maximum absolute atomic E-state index is 13.2. The normalized spacial score (nSPS) is 24.0. The summed E-state index contributed by atoms with van der Waals surface area (Å²) in [5.74, 6) is -0.0138. The number of hydrogen-bond donors (Lipinski definition) is 5. The summed E-state index contributed by atoms with van der Waals surface area (Å²) in [5.41, 5.74) is 1.01.